The van der Waals surface area contributed by atoms with Crippen molar-refractivity contribution in [2.75, 3.05) is 7.05 Å². The third-order valence-electron chi connectivity index (χ3n) is 4.05. The van der Waals surface area contributed by atoms with Gasteiger partial charge in [0, 0.05) is 0 Å². The normalized spacial score (nSPS) is 18.4. The molecule has 1 aliphatic carbocycles. The maximum atomic E-state index is 11.8. The number of carbonyl (C=O) groups is 1. The van der Waals surface area contributed by atoms with E-state index < -0.39 is 5.54 Å². The van der Waals surface area contributed by atoms with Crippen LogP contribution in [0.3, 0.4) is 0 Å². The van der Waals surface area contributed by atoms with Crippen molar-refractivity contribution in [3.05, 3.63) is 5.82 Å². The molecular weight excluding hydrogens is 244 g/mol. The molecule has 0 aliphatic heterocycles. The second-order valence-corrected chi connectivity index (χ2v) is 5.59. The Bertz CT molecular complexity index is 449. The molecule has 1 fully saturated rings. The first-order valence-corrected chi connectivity index (χ1v) is 6.75. The predicted octanol–water partition coefficient (Wildman–Crippen LogP) is 0.484. The lowest BCUT2D eigenvalue weighted by atomic mass is 9.94. The van der Waals surface area contributed by atoms with Gasteiger partial charge in [-0.15, -0.1) is 5.10 Å². The van der Waals surface area contributed by atoms with E-state index in [0.29, 0.717) is 6.54 Å². The molecule has 19 heavy (non-hydrogen) atoms. The number of hydrogen-bond donors (Lipinski definition) is 1. The minimum Gasteiger partial charge on any atom is -0.368 e. The summed E-state index contributed by atoms with van der Waals surface area (Å²) in [7, 11) is 1.93. The SMILES string of the molecule is CC(C)n1nnnc1CN(C)C1(C(N)=O)CCCC1. The van der Waals surface area contributed by atoms with Crippen LogP contribution in [0.5, 0.6) is 0 Å². The third-order valence-corrected chi connectivity index (χ3v) is 4.05. The summed E-state index contributed by atoms with van der Waals surface area (Å²) in [6, 6.07) is 0.200. The lowest BCUT2D eigenvalue weighted by Gasteiger charge is -2.35. The van der Waals surface area contributed by atoms with Gasteiger partial charge in [-0.3, -0.25) is 9.69 Å². The lowest BCUT2D eigenvalue weighted by molar-refractivity contribution is -0.129. The van der Waals surface area contributed by atoms with Crippen LogP contribution >= 0.6 is 0 Å². The van der Waals surface area contributed by atoms with Gasteiger partial charge in [-0.1, -0.05) is 12.8 Å². The fourth-order valence-corrected chi connectivity index (χ4v) is 2.86. The molecule has 106 valence electrons. The van der Waals surface area contributed by atoms with Gasteiger partial charge in [0.05, 0.1) is 12.6 Å². The van der Waals surface area contributed by atoms with Crippen LogP contribution in [0.2, 0.25) is 0 Å². The fraction of sp³-hybridized carbons (Fsp3) is 0.833. The highest BCUT2D eigenvalue weighted by molar-refractivity contribution is 5.84. The lowest BCUT2D eigenvalue weighted by Crippen LogP contribution is -2.54. The highest BCUT2D eigenvalue weighted by atomic mass is 16.1. The van der Waals surface area contributed by atoms with Crippen LogP contribution in [0.15, 0.2) is 0 Å². The molecule has 1 aliphatic rings. The molecule has 0 bridgehead atoms. The number of tetrazole rings is 1. The van der Waals surface area contributed by atoms with Gasteiger partial charge in [0.15, 0.2) is 5.82 Å². The van der Waals surface area contributed by atoms with Crippen molar-refractivity contribution in [2.24, 2.45) is 5.73 Å². The van der Waals surface area contributed by atoms with Gasteiger partial charge < -0.3 is 5.73 Å². The Morgan fingerprint density at radius 3 is 2.63 bits per heavy atom. The number of likely N-dealkylation sites (N-methyl/N-ethyl adjacent to an activating group) is 1. The number of primary amides is 1. The van der Waals surface area contributed by atoms with Crippen LogP contribution < -0.4 is 5.73 Å². The van der Waals surface area contributed by atoms with Crippen molar-refractivity contribution < 1.29 is 4.79 Å². The summed E-state index contributed by atoms with van der Waals surface area (Å²) < 4.78 is 1.78. The molecule has 7 nitrogen and oxygen atoms in total. The van der Waals surface area contributed by atoms with Crippen molar-refractivity contribution in [1.29, 1.82) is 0 Å². The zero-order valence-electron chi connectivity index (χ0n) is 11.8. The standard InChI is InChI=1S/C12H22N6O/c1-9(2)18-10(14-15-16-18)8-17(3)12(11(13)19)6-4-5-7-12/h9H,4-8H2,1-3H3,(H2,13,19). The van der Waals surface area contributed by atoms with E-state index in [1.807, 2.05) is 25.8 Å². The van der Waals surface area contributed by atoms with Gasteiger partial charge in [-0.05, 0) is 44.2 Å². The highest BCUT2D eigenvalue weighted by Crippen LogP contribution is 2.35. The van der Waals surface area contributed by atoms with E-state index in [1.54, 1.807) is 4.68 Å². The number of amides is 1. The molecule has 0 unspecified atom stereocenters. The molecule has 1 amide bonds. The Hall–Kier alpha value is -1.50. The van der Waals surface area contributed by atoms with Gasteiger partial charge in [-0.2, -0.15) is 0 Å². The Balaban J connectivity index is 2.18. The number of hydrogen-bond acceptors (Lipinski definition) is 5. The summed E-state index contributed by atoms with van der Waals surface area (Å²) in [5, 5.41) is 11.7. The third kappa shape index (κ3) is 2.47. The van der Waals surface area contributed by atoms with Crippen molar-refractivity contribution in [1.82, 2.24) is 25.1 Å². The smallest absolute Gasteiger partial charge is 0.237 e. The first kappa shape index (κ1) is 13.9. The summed E-state index contributed by atoms with van der Waals surface area (Å²) in [6.07, 6.45) is 3.73. The van der Waals surface area contributed by atoms with Crippen molar-refractivity contribution >= 4 is 5.91 Å². The molecule has 1 aromatic rings. The van der Waals surface area contributed by atoms with E-state index in [4.69, 9.17) is 5.73 Å². The zero-order valence-corrected chi connectivity index (χ0v) is 11.8. The molecule has 0 radical (unpaired) electrons. The van der Waals surface area contributed by atoms with Crippen LogP contribution in [0.1, 0.15) is 51.4 Å². The molecule has 2 rings (SSSR count). The van der Waals surface area contributed by atoms with E-state index in [2.05, 4.69) is 15.5 Å². The van der Waals surface area contributed by atoms with Crippen molar-refractivity contribution in [2.45, 2.75) is 57.7 Å². The van der Waals surface area contributed by atoms with Crippen LogP contribution in [-0.2, 0) is 11.3 Å². The van der Waals surface area contributed by atoms with Crippen molar-refractivity contribution in [3.63, 3.8) is 0 Å². The average Bonchev–Trinajstić information content (AvgIpc) is 2.97. The van der Waals surface area contributed by atoms with Crippen LogP contribution in [0, 0.1) is 0 Å². The van der Waals surface area contributed by atoms with Crippen molar-refractivity contribution in [3.8, 4) is 0 Å². The molecule has 0 aromatic carbocycles. The number of aromatic nitrogens is 4. The van der Waals surface area contributed by atoms with Crippen LogP contribution in [0.25, 0.3) is 0 Å². The van der Waals surface area contributed by atoms with Gasteiger partial charge in [0.1, 0.15) is 5.54 Å². The Kier molecular flexibility index (Phi) is 3.84. The highest BCUT2D eigenvalue weighted by Gasteiger charge is 2.43. The molecule has 0 spiro atoms. The van der Waals surface area contributed by atoms with E-state index in [9.17, 15) is 4.79 Å². The second-order valence-electron chi connectivity index (χ2n) is 5.59. The van der Waals surface area contributed by atoms with Crippen LogP contribution in [0.4, 0.5) is 0 Å². The summed E-state index contributed by atoms with van der Waals surface area (Å²) in [5.74, 6) is 0.529. The fourth-order valence-electron chi connectivity index (χ4n) is 2.86. The van der Waals surface area contributed by atoms with Gasteiger partial charge >= 0.3 is 0 Å². The van der Waals surface area contributed by atoms with Gasteiger partial charge in [0.2, 0.25) is 5.91 Å². The quantitative estimate of drug-likeness (QED) is 0.837. The first-order valence-electron chi connectivity index (χ1n) is 6.75. The summed E-state index contributed by atoms with van der Waals surface area (Å²) >= 11 is 0. The molecule has 1 saturated carbocycles. The molecule has 2 N–H and O–H groups in total. The minimum absolute atomic E-state index is 0.200. The molecule has 1 heterocycles. The number of nitrogens with zero attached hydrogens (tertiary/aromatic N) is 5. The Morgan fingerprint density at radius 1 is 1.47 bits per heavy atom. The van der Waals surface area contributed by atoms with Crippen LogP contribution in [-0.4, -0.2) is 43.6 Å². The number of rotatable bonds is 5. The minimum atomic E-state index is -0.534. The molecule has 0 atom stereocenters. The maximum Gasteiger partial charge on any atom is 0.237 e. The van der Waals surface area contributed by atoms with E-state index in [0.717, 1.165) is 31.5 Å². The zero-order chi connectivity index (χ0) is 14.0. The summed E-state index contributed by atoms with van der Waals surface area (Å²) in [5.41, 5.74) is 5.09. The molecule has 0 saturated heterocycles. The Labute approximate surface area is 113 Å². The summed E-state index contributed by atoms with van der Waals surface area (Å²) in [6.45, 7) is 4.59. The topological polar surface area (TPSA) is 89.9 Å². The largest absolute Gasteiger partial charge is 0.368 e. The second kappa shape index (κ2) is 5.24. The predicted molar refractivity (Wildman–Crippen MR) is 70.1 cm³/mol. The average molecular weight is 266 g/mol. The number of carbonyl (C=O) groups excluding carboxylic acids is 1. The molecule has 1 aromatic heterocycles. The molecular formula is C12H22N6O. The van der Waals surface area contributed by atoms with Gasteiger partial charge in [0.25, 0.3) is 0 Å². The van der Waals surface area contributed by atoms with Gasteiger partial charge in [-0.25, -0.2) is 4.68 Å². The first-order chi connectivity index (χ1) is 8.97. The summed E-state index contributed by atoms with van der Waals surface area (Å²) in [4.78, 5) is 13.8. The van der Waals surface area contributed by atoms with E-state index in [1.165, 1.54) is 0 Å². The van der Waals surface area contributed by atoms with E-state index in [-0.39, 0.29) is 11.9 Å². The maximum absolute atomic E-state index is 11.8. The van der Waals surface area contributed by atoms with E-state index >= 15 is 0 Å². The number of nitrogens with two attached hydrogens (primary N) is 1. The monoisotopic (exact) mass is 266 g/mol. The Morgan fingerprint density at radius 2 is 2.11 bits per heavy atom. The molecule has 7 heteroatoms.